The Morgan fingerprint density at radius 2 is 1.09 bits per heavy atom. The van der Waals surface area contributed by atoms with Gasteiger partial charge in [-0.15, -0.1) is 0 Å². The topological polar surface area (TPSA) is 400 Å². The third-order valence-electron chi connectivity index (χ3n) is 15.2. The van der Waals surface area contributed by atoms with Gasteiger partial charge in [0.25, 0.3) is 0 Å². The van der Waals surface area contributed by atoms with Gasteiger partial charge in [-0.2, -0.15) is 0 Å². The quantitative estimate of drug-likeness (QED) is 0.0236. The molecular formula is C47H67B4N9O19P2. The van der Waals surface area contributed by atoms with Gasteiger partial charge in [-0.1, -0.05) is 41.5 Å². The van der Waals surface area contributed by atoms with Crippen molar-refractivity contribution in [2.45, 2.75) is 181 Å². The summed E-state index contributed by atoms with van der Waals surface area (Å²) < 4.78 is 93.1. The minimum atomic E-state index is -1.85. The molecule has 7 rings (SSSR count). The fourth-order valence-electron chi connectivity index (χ4n) is 11.1. The summed E-state index contributed by atoms with van der Waals surface area (Å²) in [6.07, 6.45) is -23.1. The van der Waals surface area contributed by atoms with E-state index in [4.69, 9.17) is 52.1 Å². The molecule has 12 unspecified atom stereocenters. The minimum absolute atomic E-state index is 0.00000432. The van der Waals surface area contributed by atoms with Crippen LogP contribution in [0.2, 0.25) is 0 Å². The van der Waals surface area contributed by atoms with Crippen molar-refractivity contribution < 1.29 is 91.8 Å². The zero-order valence-corrected chi connectivity index (χ0v) is 47.1. The van der Waals surface area contributed by atoms with Crippen LogP contribution in [0.25, 0.3) is 31.3 Å². The van der Waals surface area contributed by atoms with Crippen molar-refractivity contribution in [1.82, 2.24) is 0 Å². The molecular weight excluding hydrogens is 1100 g/mol. The second-order valence-electron chi connectivity index (χ2n) is 20.3. The van der Waals surface area contributed by atoms with Crippen LogP contribution in [0.5, 0.6) is 0 Å². The van der Waals surface area contributed by atoms with E-state index in [0.29, 0.717) is 12.6 Å². The molecule has 436 valence electrons. The third kappa shape index (κ3) is 15.5. The molecule has 5 saturated heterocycles. The molecule has 0 amide bonds. The van der Waals surface area contributed by atoms with Gasteiger partial charge in [0.05, 0.1) is 12.7 Å². The van der Waals surface area contributed by atoms with E-state index in [1.807, 2.05) is 13.0 Å². The third-order valence-corrected chi connectivity index (χ3v) is 18.5. The van der Waals surface area contributed by atoms with E-state index in [1.54, 1.807) is 70.2 Å². The number of benzene rings is 2. The van der Waals surface area contributed by atoms with E-state index in [0.717, 1.165) is 7.04 Å². The molecule has 28 nitrogen and oxygen atoms in total. The maximum absolute atomic E-state index is 13.9. The van der Waals surface area contributed by atoms with Gasteiger partial charge in [0.1, 0.15) is 6.10 Å². The molecule has 2 aromatic carbocycles. The summed E-state index contributed by atoms with van der Waals surface area (Å²) in [5.41, 5.74) is 28.9. The molecule has 0 saturated carbocycles. The second-order valence-corrected chi connectivity index (χ2v) is 23.3. The van der Waals surface area contributed by atoms with E-state index in [2.05, 4.69) is 30.1 Å². The van der Waals surface area contributed by atoms with E-state index >= 15 is 0 Å². The number of hydrogen-bond donors (Lipinski definition) is 5. The summed E-state index contributed by atoms with van der Waals surface area (Å²) in [4.78, 5) is 22.9. The summed E-state index contributed by atoms with van der Waals surface area (Å²) in [5, 5.41) is 68.2. The average Bonchev–Trinajstić information content (AvgIpc) is 3.48. The van der Waals surface area contributed by atoms with Crippen LogP contribution in [-0.2, 0) is 68.1 Å². The molecule has 5 aliphatic heterocycles. The molecule has 5 N–H and O–H groups in total. The average molecular weight is 1170 g/mol. The number of ether oxygens (including phenoxy) is 11. The van der Waals surface area contributed by atoms with Crippen LogP contribution in [0.4, 0.5) is 0 Å². The van der Waals surface area contributed by atoms with Gasteiger partial charge in [-0.3, -0.25) is 0 Å². The van der Waals surface area contributed by atoms with Crippen molar-refractivity contribution in [3.8, 4) is 0 Å². The van der Waals surface area contributed by atoms with E-state index < -0.39 is 172 Å². The predicted octanol–water partition coefficient (Wildman–Crippen LogP) is 1.80. The normalized spacial score (nSPS) is 39.8. The number of carbonyl (C=O) groups is 1. The number of aliphatic hydroxyl groups is 5. The number of esters is 1. The number of aliphatic hydroxyl groups excluding tert-OH is 5. The summed E-state index contributed by atoms with van der Waals surface area (Å²) >= 11 is 0. The first kappa shape index (κ1) is 64.5. The molecule has 0 aliphatic carbocycles. The van der Waals surface area contributed by atoms with E-state index in [1.165, 1.54) is 12.1 Å². The maximum atomic E-state index is 13.9. The van der Waals surface area contributed by atoms with E-state index in [-0.39, 0.29) is 48.8 Å². The Morgan fingerprint density at radius 3 is 1.72 bits per heavy atom. The Morgan fingerprint density at radius 1 is 0.568 bits per heavy atom. The molecule has 2 aromatic rings. The zero-order valence-electron chi connectivity index (χ0n) is 45.1. The van der Waals surface area contributed by atoms with Crippen molar-refractivity contribution in [3.05, 3.63) is 103 Å². The molecule has 81 heavy (non-hydrogen) atoms. The van der Waals surface area contributed by atoms with Crippen LogP contribution < -0.4 is 0 Å². The molecule has 0 spiro atoms. The van der Waals surface area contributed by atoms with Gasteiger partial charge in [0, 0.05) is 4.91 Å². The molecule has 0 aromatic heterocycles. The fourth-order valence-corrected chi connectivity index (χ4v) is 14.0. The Kier molecular flexibility index (Phi) is 24.9. The number of carbonyl (C=O) groups excluding carboxylic acids is 1. The molecule has 27 atom stereocenters. The van der Waals surface area contributed by atoms with Gasteiger partial charge in [0.2, 0.25) is 0 Å². The van der Waals surface area contributed by atoms with Gasteiger partial charge >= 0.3 is 381 Å². The molecule has 5 aliphatic rings. The monoisotopic (exact) mass is 1170 g/mol. The second kappa shape index (κ2) is 31.2. The first-order chi connectivity index (χ1) is 39.2. The van der Waals surface area contributed by atoms with Crippen molar-refractivity contribution in [1.29, 1.82) is 0 Å². The summed E-state index contributed by atoms with van der Waals surface area (Å²) in [5.74, 6) is -1.98. The number of hydrogen-bond acceptors (Lipinski definition) is 22. The van der Waals surface area contributed by atoms with Gasteiger partial charge in [-0.05, 0) is 17.7 Å². The van der Waals surface area contributed by atoms with Crippen LogP contribution in [0.15, 0.2) is 76.0 Å². The van der Waals surface area contributed by atoms with E-state index in [9.17, 15) is 56.3 Å². The SMILES string of the molecule is CC1O[C@@H](O[C@@H]2C(CO)O[C@@H](O[C@@H]3C(C)O[C@@H](O[C@@H]4C(CO)O[C@@H](C)C(N=[N+]=[N-])[C@H]4PBB=O)C(O)[C@@H]3OCc3ccccc3)C(N=[N+]=[N-])[C@H]2O)C(OC(=O)c2ccccc2)[C@@H](C)[C@@H]1O[C@@H]1OC(CO)[C@@H](C)[C@H](PBB=O)C1N=[N+]=[N-]. The van der Waals surface area contributed by atoms with Gasteiger partial charge in [-0.25, -0.2) is 0 Å². The fraction of sp³-hybridized carbons (Fsp3) is 0.723. The van der Waals surface area contributed by atoms with Crippen LogP contribution >= 0.6 is 16.9 Å². The molecule has 5 heterocycles. The molecule has 34 heteroatoms. The van der Waals surface area contributed by atoms with Crippen molar-refractivity contribution in [3.63, 3.8) is 0 Å². The first-order valence-electron chi connectivity index (χ1n) is 26.6. The van der Waals surface area contributed by atoms with Gasteiger partial charge < -0.3 is 10.2 Å². The zero-order chi connectivity index (χ0) is 58.3. The number of azide groups is 3. The van der Waals surface area contributed by atoms with Crippen LogP contribution in [-0.4, -0.2) is 219 Å². The Bertz CT molecular complexity index is 2510. The van der Waals surface area contributed by atoms with Crippen LogP contribution in [0, 0.1) is 11.8 Å². The number of rotatable bonds is 25. The Labute approximate surface area is 472 Å². The summed E-state index contributed by atoms with van der Waals surface area (Å²) in [6, 6.07) is 13.6. The number of nitrogens with zero attached hydrogens (tertiary/aromatic N) is 9. The molecule has 0 radical (unpaired) electrons. The summed E-state index contributed by atoms with van der Waals surface area (Å²) in [7, 11) is 1.33. The van der Waals surface area contributed by atoms with Crippen LogP contribution in [0.1, 0.15) is 50.5 Å². The first-order valence-corrected chi connectivity index (χ1v) is 29.2. The van der Waals surface area contributed by atoms with Gasteiger partial charge in [0.15, 0.2) is 0 Å². The van der Waals surface area contributed by atoms with Crippen molar-refractivity contribution in [2.24, 2.45) is 27.2 Å². The Hall–Kier alpha value is -4.04. The molecule has 0 bridgehead atoms. The Balaban J connectivity index is 1.15. The van der Waals surface area contributed by atoms with Crippen molar-refractivity contribution >= 4 is 50.7 Å². The predicted molar refractivity (Wildman–Crippen MR) is 292 cm³/mol. The van der Waals surface area contributed by atoms with Crippen molar-refractivity contribution in [2.75, 3.05) is 19.8 Å². The molecule has 5 fully saturated rings. The van der Waals surface area contributed by atoms with Crippen LogP contribution in [0.3, 0.4) is 0 Å². The standard InChI is InChI=1S/C47H67B4N9O19P2/c1-20-27(16-61)73-45(32(57-60-54)41(20)80-50-48-67)76-35-21(2)36(75-43(66)26-14-10-7-11-15-26)47(72-23(35)4)78-38-28(17-62)74-44(31(33(38)64)56-59-53)77-37-24(5)71-46(34(65)40(37)69-19-25-12-8-6-9-13-25)79-39-29(18-63)70-22(3)30(55-58-52)42(39)81-51-49-68/h6-15,20-24,27-42,44-47,50-51,61-65,80-81H,16-19H2,1-5H3/t20-,21+,22+,23?,24?,27?,28?,29?,30?,31?,32?,33-,34?,35+,36?,37-,38-,39-,40+,41+,42-,44+,45+,46+,47+/m1/s1. The summed E-state index contributed by atoms with van der Waals surface area (Å²) in [6.45, 7) is 6.78.